The van der Waals surface area contributed by atoms with Crippen molar-refractivity contribution >= 4 is 24.4 Å². The zero-order valence-corrected chi connectivity index (χ0v) is 26.4. The summed E-state index contributed by atoms with van der Waals surface area (Å²) in [6.07, 6.45) is 20.5. The zero-order valence-electron chi connectivity index (χ0n) is 24.6. The van der Waals surface area contributed by atoms with Crippen LogP contribution in [0.4, 0.5) is 0 Å². The number of rotatable bonds is 10. The smallest absolute Gasteiger partial charge is 0.141 e. The molecule has 1 heterocycles. The van der Waals surface area contributed by atoms with Crippen molar-refractivity contribution in [1.82, 2.24) is 4.90 Å². The topological polar surface area (TPSA) is 82.4 Å². The van der Waals surface area contributed by atoms with Crippen molar-refractivity contribution in [3.05, 3.63) is 57.9 Å². The minimum Gasteiger partial charge on any atom is -0.458 e. The van der Waals surface area contributed by atoms with Crippen LogP contribution in [0.1, 0.15) is 91.9 Å². The molecule has 4 atom stereocenters. The fraction of sp³-hybridized carbons (Fsp3) is 0.688. The molecule has 1 saturated carbocycles. The predicted octanol–water partition coefficient (Wildman–Crippen LogP) is 6.57. The molecule has 8 heteroatoms. The summed E-state index contributed by atoms with van der Waals surface area (Å²) < 4.78 is 12.4. The third-order valence-electron chi connectivity index (χ3n) is 8.41. The van der Waals surface area contributed by atoms with Crippen LogP contribution in [0, 0.1) is 5.41 Å². The molecule has 4 aliphatic rings. The molecule has 6 nitrogen and oxygen atoms in total. The third kappa shape index (κ3) is 8.30. The Morgan fingerprint density at radius 1 is 1.20 bits per heavy atom. The molecule has 224 valence electrons. The lowest BCUT2D eigenvalue weighted by molar-refractivity contribution is -0.0489. The number of thiol groups is 1. The van der Waals surface area contributed by atoms with Crippen molar-refractivity contribution in [1.29, 1.82) is 0 Å². The van der Waals surface area contributed by atoms with Gasteiger partial charge >= 0.3 is 0 Å². The summed E-state index contributed by atoms with van der Waals surface area (Å²) >= 11 is 6.48. The molecule has 4 rings (SSSR count). The van der Waals surface area contributed by atoms with Gasteiger partial charge in [-0.25, -0.2) is 0 Å². The number of allylic oxidation sites excluding steroid dienone is 6. The number of fused-ring (bicyclic) bond motifs is 1. The number of aliphatic hydroxyl groups is 3. The molecule has 1 aliphatic heterocycles. The summed E-state index contributed by atoms with van der Waals surface area (Å²) in [5.41, 5.74) is 1.89. The summed E-state index contributed by atoms with van der Waals surface area (Å²) in [5.74, 6) is 1.37. The minimum atomic E-state index is -0.950. The van der Waals surface area contributed by atoms with Crippen LogP contribution in [-0.2, 0) is 9.47 Å². The molecule has 0 aromatic carbocycles. The van der Waals surface area contributed by atoms with Crippen LogP contribution in [0.5, 0.6) is 0 Å². The second-order valence-electron chi connectivity index (χ2n) is 12.4. The number of hydrogen-bond acceptors (Lipinski definition) is 8. The van der Waals surface area contributed by atoms with E-state index in [2.05, 4.69) is 24.0 Å². The predicted molar refractivity (Wildman–Crippen MR) is 167 cm³/mol. The highest BCUT2D eigenvalue weighted by Crippen LogP contribution is 2.56. The van der Waals surface area contributed by atoms with Crippen molar-refractivity contribution < 1.29 is 24.8 Å². The average Bonchev–Trinajstić information content (AvgIpc) is 3.29. The number of thioether (sulfide) groups is 1. The lowest BCUT2D eigenvalue weighted by Gasteiger charge is -2.33. The highest BCUT2D eigenvalue weighted by molar-refractivity contribution is 8.13. The monoisotopic (exact) mass is 591 g/mol. The molecule has 0 spiro atoms. The Morgan fingerprint density at radius 2 is 1.85 bits per heavy atom. The fourth-order valence-corrected chi connectivity index (χ4v) is 7.73. The van der Waals surface area contributed by atoms with Gasteiger partial charge in [-0.15, -0.1) is 12.6 Å². The van der Waals surface area contributed by atoms with E-state index in [1.807, 2.05) is 39.0 Å². The van der Waals surface area contributed by atoms with E-state index in [1.165, 1.54) is 50.5 Å². The first-order valence-corrected chi connectivity index (χ1v) is 16.4. The summed E-state index contributed by atoms with van der Waals surface area (Å²) in [7, 11) is 0. The highest BCUT2D eigenvalue weighted by Gasteiger charge is 2.44. The Morgan fingerprint density at radius 3 is 2.42 bits per heavy atom. The molecule has 0 bridgehead atoms. The van der Waals surface area contributed by atoms with Crippen molar-refractivity contribution in [3.63, 3.8) is 0 Å². The summed E-state index contributed by atoms with van der Waals surface area (Å²) in [6, 6.07) is 0.303. The fourth-order valence-electron chi connectivity index (χ4n) is 5.97. The molecule has 0 aromatic heterocycles. The van der Waals surface area contributed by atoms with E-state index in [0.717, 1.165) is 35.5 Å². The normalized spacial score (nSPS) is 31.1. The van der Waals surface area contributed by atoms with E-state index in [-0.39, 0.29) is 23.3 Å². The molecule has 2 fully saturated rings. The van der Waals surface area contributed by atoms with E-state index >= 15 is 0 Å². The molecule has 0 amide bonds. The van der Waals surface area contributed by atoms with E-state index in [0.29, 0.717) is 11.8 Å². The van der Waals surface area contributed by atoms with Gasteiger partial charge in [-0.2, -0.15) is 0 Å². The van der Waals surface area contributed by atoms with Crippen LogP contribution in [-0.4, -0.2) is 62.1 Å². The van der Waals surface area contributed by atoms with Crippen molar-refractivity contribution in [2.24, 2.45) is 5.41 Å². The van der Waals surface area contributed by atoms with E-state index < -0.39 is 17.9 Å². The van der Waals surface area contributed by atoms with Gasteiger partial charge in [0.1, 0.15) is 28.6 Å². The Labute approximate surface area is 250 Å². The third-order valence-corrected chi connectivity index (χ3v) is 10.0. The quantitative estimate of drug-likeness (QED) is 0.169. The number of aliphatic hydroxyl groups excluding tert-OH is 3. The summed E-state index contributed by atoms with van der Waals surface area (Å²) in [5, 5.41) is 30.6. The van der Waals surface area contributed by atoms with E-state index in [4.69, 9.17) is 22.1 Å². The summed E-state index contributed by atoms with van der Waals surface area (Å²) in [4.78, 5) is 2.98. The van der Waals surface area contributed by atoms with Gasteiger partial charge in [0.25, 0.3) is 0 Å². The SMILES string of the molecule is C/C=C(\OC(/C=C1\SC(S)N(C2CCCCCCCCC2)C1O)=C/C(C)(C)OCC(O)CO)C1=CC2=C[C@]2(C)C1. The lowest BCUT2D eigenvalue weighted by atomic mass is 9.96. The maximum atomic E-state index is 11.6. The van der Waals surface area contributed by atoms with E-state index in [9.17, 15) is 15.3 Å². The second kappa shape index (κ2) is 14.0. The first-order chi connectivity index (χ1) is 19.0. The van der Waals surface area contributed by atoms with Gasteiger partial charge in [-0.05, 0) is 69.4 Å². The van der Waals surface area contributed by atoms with Crippen LogP contribution in [0.3, 0.4) is 0 Å². The average molecular weight is 592 g/mol. The van der Waals surface area contributed by atoms with Crippen LogP contribution < -0.4 is 0 Å². The van der Waals surface area contributed by atoms with Crippen LogP contribution in [0.15, 0.2) is 57.9 Å². The Kier molecular flexibility index (Phi) is 11.2. The van der Waals surface area contributed by atoms with Crippen LogP contribution in [0.25, 0.3) is 0 Å². The second-order valence-corrected chi connectivity index (χ2v) is 14.4. The zero-order chi connectivity index (χ0) is 28.9. The van der Waals surface area contributed by atoms with Gasteiger partial charge in [0.2, 0.25) is 0 Å². The van der Waals surface area contributed by atoms with Crippen molar-refractivity contribution in [2.45, 2.75) is 121 Å². The summed E-state index contributed by atoms with van der Waals surface area (Å²) in [6.45, 7) is 7.66. The molecule has 3 N–H and O–H groups in total. The minimum absolute atomic E-state index is 0.00351. The van der Waals surface area contributed by atoms with E-state index in [1.54, 1.807) is 11.8 Å². The Bertz CT molecular complexity index is 1040. The first kappa shape index (κ1) is 31.9. The molecular formula is C32H49NO5S2. The number of nitrogens with zero attached hydrogens (tertiary/aromatic N) is 1. The van der Waals surface area contributed by atoms with Crippen molar-refractivity contribution in [2.75, 3.05) is 13.2 Å². The van der Waals surface area contributed by atoms with Gasteiger partial charge in [0, 0.05) is 16.4 Å². The Hall–Kier alpha value is -1.00. The molecule has 40 heavy (non-hydrogen) atoms. The lowest BCUT2D eigenvalue weighted by Crippen LogP contribution is -2.42. The van der Waals surface area contributed by atoms with Gasteiger partial charge in [-0.3, -0.25) is 4.90 Å². The molecular weight excluding hydrogens is 542 g/mol. The van der Waals surface area contributed by atoms with Crippen LogP contribution in [0.2, 0.25) is 0 Å². The number of ether oxygens (including phenoxy) is 2. The van der Waals surface area contributed by atoms with Crippen molar-refractivity contribution in [3.8, 4) is 0 Å². The molecule has 1 saturated heterocycles. The molecule has 3 aliphatic carbocycles. The van der Waals surface area contributed by atoms with Gasteiger partial charge < -0.3 is 24.8 Å². The van der Waals surface area contributed by atoms with Gasteiger partial charge in [0.05, 0.1) is 18.8 Å². The van der Waals surface area contributed by atoms with Gasteiger partial charge in [0.15, 0.2) is 0 Å². The first-order valence-electron chi connectivity index (χ1n) is 15.0. The number of hydrogen-bond donors (Lipinski definition) is 4. The van der Waals surface area contributed by atoms with Gasteiger partial charge in [-0.1, -0.05) is 75.8 Å². The maximum Gasteiger partial charge on any atom is 0.141 e. The van der Waals surface area contributed by atoms with Crippen LogP contribution >= 0.6 is 24.4 Å². The molecule has 0 radical (unpaired) electrons. The standard InChI is InChI=1S/C32H49NO5S2/c1-5-27(22-15-23-18-32(23,4)17-22)38-26(19-31(2,3)37-21-25(35)20-34)16-28-29(36)33(30(39)40-28)24-13-11-9-7-6-8-10-12-14-24/h5,15-16,18-19,24-25,29-30,34-36,39H,6-14,17,20-21H2,1-4H3/b26-19+,27-5-,28-16-/t25?,29?,30?,32-/m0/s1. The maximum absolute atomic E-state index is 11.6. The highest BCUT2D eigenvalue weighted by atomic mass is 32.2. The Balaban J connectivity index is 1.56. The molecule has 3 unspecified atom stereocenters. The molecule has 0 aromatic rings. The largest absolute Gasteiger partial charge is 0.458 e.